The van der Waals surface area contributed by atoms with Crippen LogP contribution in [-0.2, 0) is 10.9 Å². The second kappa shape index (κ2) is 10.5. The Labute approximate surface area is 195 Å². The van der Waals surface area contributed by atoms with Crippen molar-refractivity contribution in [1.82, 2.24) is 4.90 Å². The lowest BCUT2D eigenvalue weighted by Crippen LogP contribution is -2.58. The van der Waals surface area contributed by atoms with Crippen LogP contribution in [0.15, 0.2) is 36.4 Å². The van der Waals surface area contributed by atoms with Crippen molar-refractivity contribution in [2.75, 3.05) is 57.8 Å². The normalized spacial score (nSPS) is 16.1. The topological polar surface area (TPSA) is 87.1 Å². The number of carbonyl (C=O) groups excluding carboxylic acids is 1. The second-order valence-corrected chi connectivity index (χ2v) is 7.58. The van der Waals surface area contributed by atoms with Gasteiger partial charge in [-0.3, -0.25) is 0 Å². The van der Waals surface area contributed by atoms with Crippen molar-refractivity contribution in [3.8, 4) is 17.6 Å². The van der Waals surface area contributed by atoms with Crippen LogP contribution < -0.4 is 19.7 Å². The van der Waals surface area contributed by atoms with Crippen LogP contribution in [0.25, 0.3) is 0 Å². The van der Waals surface area contributed by atoms with Gasteiger partial charge in [-0.05, 0) is 30.3 Å². The Hall–Kier alpha value is -3.65. The fourth-order valence-electron chi connectivity index (χ4n) is 3.84. The van der Waals surface area contributed by atoms with Gasteiger partial charge in [0, 0.05) is 38.5 Å². The molecule has 1 aliphatic heterocycles. The number of anilines is 2. The number of carbonyl (C=O) groups is 1. The van der Waals surface area contributed by atoms with Crippen molar-refractivity contribution < 1.29 is 32.2 Å². The number of nitrogens with zero attached hydrogens (tertiary/aromatic N) is 3. The number of methoxy groups -OCH3 is 3. The number of hydrogen-bond acceptors (Lipinski definition) is 6. The predicted octanol–water partition coefficient (Wildman–Crippen LogP) is 3.96. The van der Waals surface area contributed by atoms with Crippen LogP contribution in [0.2, 0.25) is 0 Å². The van der Waals surface area contributed by atoms with E-state index in [1.807, 2.05) is 0 Å². The van der Waals surface area contributed by atoms with E-state index in [4.69, 9.17) is 19.5 Å². The molecule has 1 heterocycles. The van der Waals surface area contributed by atoms with Crippen molar-refractivity contribution >= 4 is 17.4 Å². The summed E-state index contributed by atoms with van der Waals surface area (Å²) in [5, 5.41) is 11.8. The van der Waals surface area contributed by atoms with Crippen LogP contribution in [0.5, 0.6) is 11.5 Å². The molecule has 1 atom stereocenters. The molecular formula is C23H25F3N4O4. The van der Waals surface area contributed by atoms with Crippen LogP contribution in [-0.4, -0.2) is 64.5 Å². The number of alkyl halides is 3. The molecule has 0 radical (unpaired) electrons. The number of piperazine rings is 1. The molecular weight excluding hydrogens is 453 g/mol. The molecule has 3 rings (SSSR count). The first kappa shape index (κ1) is 25.0. The van der Waals surface area contributed by atoms with Crippen molar-refractivity contribution in [3.63, 3.8) is 0 Å². The van der Waals surface area contributed by atoms with E-state index in [-0.39, 0.29) is 25.7 Å². The average Bonchev–Trinajstić information content (AvgIpc) is 2.83. The zero-order valence-corrected chi connectivity index (χ0v) is 19.0. The highest BCUT2D eigenvalue weighted by Gasteiger charge is 2.36. The van der Waals surface area contributed by atoms with Crippen LogP contribution in [0, 0.1) is 11.3 Å². The molecule has 2 aromatic rings. The van der Waals surface area contributed by atoms with E-state index < -0.39 is 23.3 Å². The first-order chi connectivity index (χ1) is 16.2. The summed E-state index contributed by atoms with van der Waals surface area (Å²) < 4.78 is 55.9. The number of hydrogen-bond donors (Lipinski definition) is 1. The van der Waals surface area contributed by atoms with E-state index in [0.717, 1.165) is 6.07 Å². The van der Waals surface area contributed by atoms with Gasteiger partial charge in [0.15, 0.2) is 0 Å². The maximum Gasteiger partial charge on any atom is 0.417 e. The van der Waals surface area contributed by atoms with Gasteiger partial charge in [0.1, 0.15) is 11.5 Å². The zero-order valence-electron chi connectivity index (χ0n) is 19.0. The molecule has 1 fully saturated rings. The third-order valence-electron chi connectivity index (χ3n) is 5.55. The number of urea groups is 1. The Morgan fingerprint density at radius 2 is 1.91 bits per heavy atom. The van der Waals surface area contributed by atoms with Gasteiger partial charge in [-0.25, -0.2) is 4.79 Å². The number of nitrogens with one attached hydrogen (secondary N) is 1. The maximum absolute atomic E-state index is 13.4. The average molecular weight is 478 g/mol. The molecule has 2 aromatic carbocycles. The molecule has 8 nitrogen and oxygen atoms in total. The summed E-state index contributed by atoms with van der Waals surface area (Å²) >= 11 is 0. The summed E-state index contributed by atoms with van der Waals surface area (Å²) in [5.41, 5.74) is -0.642. The van der Waals surface area contributed by atoms with Gasteiger partial charge in [0.25, 0.3) is 0 Å². The second-order valence-electron chi connectivity index (χ2n) is 7.58. The van der Waals surface area contributed by atoms with E-state index in [1.54, 1.807) is 34.1 Å². The molecule has 34 heavy (non-hydrogen) atoms. The van der Waals surface area contributed by atoms with Crippen LogP contribution in [0.3, 0.4) is 0 Å². The number of amides is 2. The minimum atomic E-state index is -4.65. The summed E-state index contributed by atoms with van der Waals surface area (Å²) in [7, 11) is 4.49. The first-order valence-electron chi connectivity index (χ1n) is 10.4. The SMILES string of the molecule is COCC1CN(c2ccc(C#N)c(C(F)(F)F)c2)CCN1C(=O)Nc1ccc(OC)cc1OC. The van der Waals surface area contributed by atoms with Crippen LogP contribution in [0.4, 0.5) is 29.3 Å². The molecule has 1 N–H and O–H groups in total. The fraction of sp³-hybridized carbons (Fsp3) is 0.391. The smallest absolute Gasteiger partial charge is 0.417 e. The first-order valence-corrected chi connectivity index (χ1v) is 10.4. The van der Waals surface area contributed by atoms with Gasteiger partial charge in [0.2, 0.25) is 0 Å². The van der Waals surface area contributed by atoms with Crippen molar-refractivity contribution in [1.29, 1.82) is 5.26 Å². The number of nitriles is 1. The molecule has 1 aliphatic rings. The third-order valence-corrected chi connectivity index (χ3v) is 5.55. The molecule has 182 valence electrons. The molecule has 0 aromatic heterocycles. The summed E-state index contributed by atoms with van der Waals surface area (Å²) in [6.45, 7) is 0.993. The van der Waals surface area contributed by atoms with E-state index in [0.29, 0.717) is 29.4 Å². The molecule has 2 amide bonds. The van der Waals surface area contributed by atoms with Gasteiger partial charge < -0.3 is 29.3 Å². The van der Waals surface area contributed by atoms with Gasteiger partial charge >= 0.3 is 12.2 Å². The number of ether oxygens (including phenoxy) is 3. The quantitative estimate of drug-likeness (QED) is 0.676. The fourth-order valence-corrected chi connectivity index (χ4v) is 3.84. The standard InChI is InChI=1S/C23H25F3N4O4/c1-32-14-17-13-29(16-5-4-15(12-27)19(10-16)23(24,25)26)8-9-30(17)22(31)28-20-7-6-18(33-2)11-21(20)34-3/h4-7,10-11,17H,8-9,13-14H2,1-3H3,(H,28,31). The lowest BCUT2D eigenvalue weighted by atomic mass is 10.1. The summed E-state index contributed by atoms with van der Waals surface area (Å²) in [4.78, 5) is 16.4. The highest BCUT2D eigenvalue weighted by atomic mass is 19.4. The molecule has 0 saturated carbocycles. The highest BCUT2D eigenvalue weighted by Crippen LogP contribution is 2.35. The molecule has 0 aliphatic carbocycles. The zero-order chi connectivity index (χ0) is 24.9. The summed E-state index contributed by atoms with van der Waals surface area (Å²) in [5.74, 6) is 0.994. The Kier molecular flexibility index (Phi) is 7.73. The molecule has 1 unspecified atom stereocenters. The van der Waals surface area contributed by atoms with E-state index in [2.05, 4.69) is 5.32 Å². The summed E-state index contributed by atoms with van der Waals surface area (Å²) in [6, 6.07) is 9.38. The third kappa shape index (κ3) is 5.46. The maximum atomic E-state index is 13.4. The highest BCUT2D eigenvalue weighted by molar-refractivity contribution is 5.91. The minimum absolute atomic E-state index is 0.187. The molecule has 1 saturated heterocycles. The van der Waals surface area contributed by atoms with E-state index in [9.17, 15) is 18.0 Å². The van der Waals surface area contributed by atoms with Gasteiger partial charge in [-0.1, -0.05) is 0 Å². The molecule has 11 heteroatoms. The van der Waals surface area contributed by atoms with Gasteiger partial charge in [0.05, 0.1) is 49.8 Å². The lowest BCUT2D eigenvalue weighted by Gasteiger charge is -2.42. The van der Waals surface area contributed by atoms with Crippen LogP contribution >= 0.6 is 0 Å². The van der Waals surface area contributed by atoms with Crippen molar-refractivity contribution in [2.45, 2.75) is 12.2 Å². The number of benzene rings is 2. The van der Waals surface area contributed by atoms with Gasteiger partial charge in [-0.2, -0.15) is 18.4 Å². The van der Waals surface area contributed by atoms with Gasteiger partial charge in [-0.15, -0.1) is 0 Å². The largest absolute Gasteiger partial charge is 0.497 e. The monoisotopic (exact) mass is 478 g/mol. The lowest BCUT2D eigenvalue weighted by molar-refractivity contribution is -0.137. The Bertz CT molecular complexity index is 1070. The van der Waals surface area contributed by atoms with Crippen molar-refractivity contribution in [2.24, 2.45) is 0 Å². The van der Waals surface area contributed by atoms with E-state index >= 15 is 0 Å². The summed E-state index contributed by atoms with van der Waals surface area (Å²) in [6.07, 6.45) is -4.65. The van der Waals surface area contributed by atoms with E-state index in [1.165, 1.54) is 33.5 Å². The minimum Gasteiger partial charge on any atom is -0.497 e. The Morgan fingerprint density at radius 1 is 1.15 bits per heavy atom. The van der Waals surface area contributed by atoms with Crippen LogP contribution in [0.1, 0.15) is 11.1 Å². The predicted molar refractivity (Wildman–Crippen MR) is 119 cm³/mol. The Morgan fingerprint density at radius 3 is 2.53 bits per heavy atom. The number of rotatable bonds is 6. The Balaban J connectivity index is 1.79. The van der Waals surface area contributed by atoms with Crippen molar-refractivity contribution in [3.05, 3.63) is 47.5 Å². The number of halogens is 3. The molecule has 0 spiro atoms. The molecule has 0 bridgehead atoms.